The summed E-state index contributed by atoms with van der Waals surface area (Å²) in [5, 5.41) is 5.76. The maximum Gasteiger partial charge on any atom is 0.307 e. The average Bonchev–Trinajstić information content (AvgIpc) is 2.60. The molecule has 1 amide bonds. The van der Waals surface area contributed by atoms with E-state index in [0.717, 1.165) is 26.0 Å². The summed E-state index contributed by atoms with van der Waals surface area (Å²) in [7, 11) is 4.64. The van der Waals surface area contributed by atoms with Crippen LogP contribution in [-0.4, -0.2) is 72.1 Å². The Kier molecular flexibility index (Phi) is 21.2. The second-order valence-electron chi connectivity index (χ2n) is 5.14. The highest BCUT2D eigenvalue weighted by molar-refractivity contribution is 5.79. The van der Waals surface area contributed by atoms with Crippen LogP contribution >= 0.6 is 0 Å². The molecule has 25 heavy (non-hydrogen) atoms. The van der Waals surface area contributed by atoms with Crippen molar-refractivity contribution >= 4 is 11.9 Å². The summed E-state index contributed by atoms with van der Waals surface area (Å²) in [6.45, 7) is 4.95. The Morgan fingerprint density at radius 2 is 1.76 bits per heavy atom. The highest BCUT2D eigenvalue weighted by Crippen LogP contribution is 1.96. The summed E-state index contributed by atoms with van der Waals surface area (Å²) in [6, 6.07) is -0.328. The molecule has 0 bridgehead atoms. The summed E-state index contributed by atoms with van der Waals surface area (Å²) in [5.74, 6) is -0.499. The normalized spacial score (nSPS) is 11.6. The highest BCUT2D eigenvalue weighted by Gasteiger charge is 2.13. The van der Waals surface area contributed by atoms with E-state index in [0.29, 0.717) is 13.2 Å². The van der Waals surface area contributed by atoms with Gasteiger partial charge in [0, 0.05) is 27.4 Å². The largest absolute Gasteiger partial charge is 0.469 e. The number of carbonyl (C=O) groups is 2. The molecule has 0 unspecified atom stereocenters. The SMILES string of the molecule is C/C=C/[C@H](CC(=O)OC)NC(=O)CNCCCOC.COCCCN. The van der Waals surface area contributed by atoms with Crippen LogP contribution in [-0.2, 0) is 23.8 Å². The smallest absolute Gasteiger partial charge is 0.307 e. The van der Waals surface area contributed by atoms with E-state index < -0.39 is 0 Å². The number of hydrogen-bond acceptors (Lipinski definition) is 7. The molecule has 1 atom stereocenters. The Hall–Kier alpha value is -1.48. The molecule has 0 rings (SSSR count). The third kappa shape index (κ3) is 20.5. The molecule has 0 fully saturated rings. The fourth-order valence-electron chi connectivity index (χ4n) is 1.69. The van der Waals surface area contributed by atoms with Gasteiger partial charge in [-0.05, 0) is 32.9 Å². The van der Waals surface area contributed by atoms with Gasteiger partial charge in [0.05, 0.1) is 26.1 Å². The molecule has 0 aromatic heterocycles. The van der Waals surface area contributed by atoms with Gasteiger partial charge in [-0.15, -0.1) is 0 Å². The summed E-state index contributed by atoms with van der Waals surface area (Å²) in [6.07, 6.45) is 5.51. The molecule has 0 saturated heterocycles. The molecule has 0 aliphatic rings. The zero-order chi connectivity index (χ0) is 19.3. The molecule has 8 heteroatoms. The monoisotopic (exact) mass is 361 g/mol. The van der Waals surface area contributed by atoms with Crippen LogP contribution in [0.2, 0.25) is 0 Å². The van der Waals surface area contributed by atoms with Crippen molar-refractivity contribution in [1.82, 2.24) is 10.6 Å². The summed E-state index contributed by atoms with van der Waals surface area (Å²) in [4.78, 5) is 22.8. The van der Waals surface area contributed by atoms with Crippen molar-refractivity contribution in [3.8, 4) is 0 Å². The first-order valence-electron chi connectivity index (χ1n) is 8.43. The van der Waals surface area contributed by atoms with Crippen molar-refractivity contribution in [3.05, 3.63) is 12.2 Å². The second kappa shape index (κ2) is 20.6. The molecular formula is C17H35N3O5. The minimum atomic E-state index is -0.351. The minimum absolute atomic E-state index is 0.135. The lowest BCUT2D eigenvalue weighted by molar-refractivity contribution is -0.141. The van der Waals surface area contributed by atoms with Gasteiger partial charge in [-0.2, -0.15) is 0 Å². The molecule has 0 aliphatic carbocycles. The average molecular weight is 361 g/mol. The van der Waals surface area contributed by atoms with Crippen LogP contribution < -0.4 is 16.4 Å². The van der Waals surface area contributed by atoms with Crippen molar-refractivity contribution in [1.29, 1.82) is 0 Å². The number of ether oxygens (including phenoxy) is 3. The van der Waals surface area contributed by atoms with Crippen molar-refractivity contribution in [3.63, 3.8) is 0 Å². The van der Waals surface area contributed by atoms with E-state index in [4.69, 9.17) is 15.2 Å². The third-order valence-corrected chi connectivity index (χ3v) is 2.93. The number of allylic oxidation sites excluding steroid dienone is 1. The van der Waals surface area contributed by atoms with E-state index in [-0.39, 0.29) is 30.9 Å². The number of rotatable bonds is 13. The summed E-state index contributed by atoms with van der Waals surface area (Å²) < 4.78 is 14.2. The lowest BCUT2D eigenvalue weighted by atomic mass is 10.2. The number of amides is 1. The number of hydrogen-bond donors (Lipinski definition) is 3. The van der Waals surface area contributed by atoms with Crippen molar-refractivity contribution in [2.24, 2.45) is 5.73 Å². The maximum atomic E-state index is 11.6. The molecule has 0 aliphatic heterocycles. The predicted octanol–water partition coefficient (Wildman–Crippen LogP) is 0.218. The van der Waals surface area contributed by atoms with Gasteiger partial charge in [0.1, 0.15) is 0 Å². The molecular weight excluding hydrogens is 326 g/mol. The van der Waals surface area contributed by atoms with Gasteiger partial charge in [-0.1, -0.05) is 12.2 Å². The zero-order valence-corrected chi connectivity index (χ0v) is 16.0. The van der Waals surface area contributed by atoms with Gasteiger partial charge in [-0.3, -0.25) is 9.59 Å². The Balaban J connectivity index is 0. The lowest BCUT2D eigenvalue weighted by Crippen LogP contribution is -2.41. The molecule has 0 spiro atoms. The van der Waals surface area contributed by atoms with Crippen molar-refractivity contribution in [2.75, 3.05) is 54.2 Å². The molecule has 148 valence electrons. The van der Waals surface area contributed by atoms with E-state index in [1.807, 2.05) is 6.92 Å². The van der Waals surface area contributed by atoms with E-state index in [1.165, 1.54) is 7.11 Å². The summed E-state index contributed by atoms with van der Waals surface area (Å²) >= 11 is 0. The Bertz CT molecular complexity index is 347. The molecule has 0 aromatic carbocycles. The van der Waals surface area contributed by atoms with Gasteiger partial charge in [0.25, 0.3) is 0 Å². The van der Waals surface area contributed by atoms with E-state index in [9.17, 15) is 9.59 Å². The van der Waals surface area contributed by atoms with Crippen LogP contribution in [0.25, 0.3) is 0 Å². The van der Waals surface area contributed by atoms with Crippen LogP contribution in [0.15, 0.2) is 12.2 Å². The Morgan fingerprint density at radius 3 is 2.24 bits per heavy atom. The minimum Gasteiger partial charge on any atom is -0.469 e. The topological polar surface area (TPSA) is 112 Å². The van der Waals surface area contributed by atoms with Gasteiger partial charge in [0.2, 0.25) is 5.91 Å². The number of carbonyl (C=O) groups excluding carboxylic acids is 2. The molecule has 8 nitrogen and oxygen atoms in total. The second-order valence-corrected chi connectivity index (χ2v) is 5.14. The van der Waals surface area contributed by atoms with E-state index in [1.54, 1.807) is 26.4 Å². The van der Waals surface area contributed by atoms with Gasteiger partial charge in [0.15, 0.2) is 0 Å². The quantitative estimate of drug-likeness (QED) is 0.244. The third-order valence-electron chi connectivity index (χ3n) is 2.93. The van der Waals surface area contributed by atoms with Crippen LogP contribution in [0.3, 0.4) is 0 Å². The summed E-state index contributed by atoms with van der Waals surface area (Å²) in [5.41, 5.74) is 5.13. The van der Waals surface area contributed by atoms with Crippen LogP contribution in [0, 0.1) is 0 Å². The fourth-order valence-corrected chi connectivity index (χ4v) is 1.69. The molecule has 0 heterocycles. The molecule has 0 radical (unpaired) electrons. The maximum absolute atomic E-state index is 11.6. The van der Waals surface area contributed by atoms with Crippen molar-refractivity contribution in [2.45, 2.75) is 32.2 Å². The van der Waals surface area contributed by atoms with Gasteiger partial charge < -0.3 is 30.6 Å². The standard InChI is InChI=1S/C13H24N2O4.C4H11NO/c1-4-6-11(9-13(17)19-3)15-12(16)10-14-7-5-8-18-2;1-6-4-2-3-5/h4,6,11,14H,5,7-10H2,1-3H3,(H,15,16);2-5H2,1H3/b6-4+;/t11-;/m1./s1. The zero-order valence-electron chi connectivity index (χ0n) is 16.0. The Labute approximate surface area is 151 Å². The van der Waals surface area contributed by atoms with Crippen LogP contribution in [0.4, 0.5) is 0 Å². The molecule has 4 N–H and O–H groups in total. The number of esters is 1. The fraction of sp³-hybridized carbons (Fsp3) is 0.765. The lowest BCUT2D eigenvalue weighted by Gasteiger charge is -2.14. The first kappa shape index (κ1) is 25.8. The first-order valence-corrected chi connectivity index (χ1v) is 8.43. The van der Waals surface area contributed by atoms with Crippen LogP contribution in [0.5, 0.6) is 0 Å². The van der Waals surface area contributed by atoms with Crippen LogP contribution in [0.1, 0.15) is 26.2 Å². The molecule has 0 saturated carbocycles. The van der Waals surface area contributed by atoms with Crippen molar-refractivity contribution < 1.29 is 23.8 Å². The van der Waals surface area contributed by atoms with E-state index >= 15 is 0 Å². The number of methoxy groups -OCH3 is 3. The highest BCUT2D eigenvalue weighted by atomic mass is 16.5. The predicted molar refractivity (Wildman–Crippen MR) is 98.3 cm³/mol. The van der Waals surface area contributed by atoms with Gasteiger partial charge in [-0.25, -0.2) is 0 Å². The van der Waals surface area contributed by atoms with E-state index in [2.05, 4.69) is 15.4 Å². The molecule has 0 aromatic rings. The van der Waals surface area contributed by atoms with Gasteiger partial charge >= 0.3 is 5.97 Å². The number of nitrogens with two attached hydrogens (primary N) is 1. The first-order chi connectivity index (χ1) is 12.0. The Morgan fingerprint density at radius 1 is 1.12 bits per heavy atom. The number of nitrogens with one attached hydrogen (secondary N) is 2.